The Morgan fingerprint density at radius 3 is 2.85 bits per heavy atom. The van der Waals surface area contributed by atoms with Gasteiger partial charge in [-0.1, -0.05) is 6.07 Å². The van der Waals surface area contributed by atoms with Gasteiger partial charge < -0.3 is 15.7 Å². The Labute approximate surface area is 127 Å². The highest BCUT2D eigenvalue weighted by Gasteiger charge is 2.15. The number of hydrogen-bond acceptors (Lipinski definition) is 4. The average Bonchev–Trinajstić information content (AvgIpc) is 2.91. The molecule has 2 amide bonds. The first-order valence-corrected chi connectivity index (χ1v) is 7.19. The summed E-state index contributed by atoms with van der Waals surface area (Å²) in [7, 11) is 0. The molecule has 0 saturated carbocycles. The zero-order valence-electron chi connectivity index (χ0n) is 10.1. The molecule has 0 aliphatic carbocycles. The van der Waals surface area contributed by atoms with Gasteiger partial charge in [0.25, 0.3) is 0 Å². The Morgan fingerprint density at radius 1 is 1.40 bits per heavy atom. The van der Waals surface area contributed by atoms with Crippen LogP contribution in [0.4, 0.5) is 10.5 Å². The zero-order chi connectivity index (χ0) is 14.5. The van der Waals surface area contributed by atoms with Crippen LogP contribution in [-0.4, -0.2) is 22.1 Å². The van der Waals surface area contributed by atoms with Crippen molar-refractivity contribution >= 4 is 45.0 Å². The van der Waals surface area contributed by atoms with Crippen molar-refractivity contribution < 1.29 is 14.7 Å². The third-order valence-corrected chi connectivity index (χ3v) is 3.83. The van der Waals surface area contributed by atoms with Crippen LogP contribution in [0, 0.1) is 0 Å². The fourth-order valence-electron chi connectivity index (χ4n) is 1.48. The average molecular weight is 356 g/mol. The van der Waals surface area contributed by atoms with Crippen molar-refractivity contribution in [3.8, 4) is 0 Å². The van der Waals surface area contributed by atoms with E-state index in [4.69, 9.17) is 5.11 Å². The normalized spacial score (nSPS) is 10.1. The van der Waals surface area contributed by atoms with Gasteiger partial charge in [-0.05, 0) is 28.1 Å². The van der Waals surface area contributed by atoms with E-state index < -0.39 is 12.0 Å². The number of urea groups is 1. The van der Waals surface area contributed by atoms with E-state index >= 15 is 0 Å². The largest absolute Gasteiger partial charge is 0.478 e. The number of rotatable bonds is 4. The molecule has 104 valence electrons. The molecule has 3 N–H and O–H groups in total. The summed E-state index contributed by atoms with van der Waals surface area (Å²) in [6.45, 7) is 0.337. The Bertz CT molecular complexity index is 631. The highest BCUT2D eigenvalue weighted by atomic mass is 79.9. The number of carboxylic acids is 1. The Hall–Kier alpha value is -1.93. The van der Waals surface area contributed by atoms with Crippen molar-refractivity contribution in [2.75, 3.05) is 5.32 Å². The molecule has 0 fully saturated rings. The fraction of sp³-hybridized carbons (Fsp3) is 0.0833. The van der Waals surface area contributed by atoms with E-state index in [-0.39, 0.29) is 11.3 Å². The fourth-order valence-corrected chi connectivity index (χ4v) is 2.48. The number of aromatic nitrogens is 1. The Morgan fingerprint density at radius 2 is 2.20 bits per heavy atom. The first kappa shape index (κ1) is 14.5. The van der Waals surface area contributed by atoms with Crippen LogP contribution in [0.1, 0.15) is 15.2 Å². The van der Waals surface area contributed by atoms with Crippen LogP contribution in [0.25, 0.3) is 0 Å². The Kier molecular flexibility index (Phi) is 4.70. The van der Waals surface area contributed by atoms with Crippen LogP contribution in [0.2, 0.25) is 0 Å². The standard InChI is InChI=1S/C12H10BrN3O3S/c13-9-3-1-2-8(11(17)18)10(9)16-12(19)15-5-7-4-14-6-20-7/h1-4,6H,5H2,(H,17,18)(H2,15,16,19). The van der Waals surface area contributed by atoms with Gasteiger partial charge in [0.05, 0.1) is 23.3 Å². The van der Waals surface area contributed by atoms with Crippen LogP contribution < -0.4 is 10.6 Å². The number of carbonyl (C=O) groups excluding carboxylic acids is 1. The van der Waals surface area contributed by atoms with Crippen LogP contribution in [-0.2, 0) is 6.54 Å². The molecule has 0 radical (unpaired) electrons. The molecule has 0 spiro atoms. The highest BCUT2D eigenvalue weighted by molar-refractivity contribution is 9.10. The van der Waals surface area contributed by atoms with Gasteiger partial charge >= 0.3 is 12.0 Å². The molecule has 1 aromatic carbocycles. The predicted octanol–water partition coefficient (Wildman–Crippen LogP) is 2.93. The lowest BCUT2D eigenvalue weighted by Crippen LogP contribution is -2.28. The van der Waals surface area contributed by atoms with Crippen LogP contribution >= 0.6 is 27.3 Å². The second kappa shape index (κ2) is 6.49. The number of halogens is 1. The van der Waals surface area contributed by atoms with Crippen molar-refractivity contribution in [1.29, 1.82) is 0 Å². The molecule has 8 heteroatoms. The smallest absolute Gasteiger partial charge is 0.337 e. The minimum Gasteiger partial charge on any atom is -0.478 e. The molecule has 2 aromatic rings. The number of hydrogen-bond donors (Lipinski definition) is 3. The third kappa shape index (κ3) is 3.55. The topological polar surface area (TPSA) is 91.3 Å². The van der Waals surface area contributed by atoms with Gasteiger partial charge in [0, 0.05) is 15.5 Å². The molecule has 0 unspecified atom stereocenters. The number of nitrogens with one attached hydrogen (secondary N) is 2. The van der Waals surface area contributed by atoms with Crippen molar-refractivity contribution in [3.63, 3.8) is 0 Å². The van der Waals surface area contributed by atoms with Gasteiger partial charge in [-0.3, -0.25) is 4.98 Å². The van der Waals surface area contributed by atoms with E-state index in [1.165, 1.54) is 17.4 Å². The summed E-state index contributed by atoms with van der Waals surface area (Å²) < 4.78 is 0.505. The van der Waals surface area contributed by atoms with E-state index in [0.717, 1.165) is 4.88 Å². The molecule has 0 atom stereocenters. The number of amides is 2. The number of anilines is 1. The number of thiazole rings is 1. The molecular weight excluding hydrogens is 346 g/mol. The van der Waals surface area contributed by atoms with E-state index in [1.807, 2.05) is 0 Å². The summed E-state index contributed by atoms with van der Waals surface area (Å²) in [5.74, 6) is -1.11. The SMILES string of the molecule is O=C(NCc1cncs1)Nc1c(Br)cccc1C(=O)O. The first-order valence-electron chi connectivity index (χ1n) is 5.52. The number of carboxylic acid groups (broad SMARTS) is 1. The van der Waals surface area contributed by atoms with Crippen molar-refractivity contribution in [2.45, 2.75) is 6.54 Å². The monoisotopic (exact) mass is 355 g/mol. The lowest BCUT2D eigenvalue weighted by atomic mass is 10.2. The summed E-state index contributed by atoms with van der Waals surface area (Å²) in [5.41, 5.74) is 1.92. The minimum absolute atomic E-state index is 0.0207. The zero-order valence-corrected chi connectivity index (χ0v) is 12.5. The van der Waals surface area contributed by atoms with E-state index in [9.17, 15) is 9.59 Å². The molecule has 2 rings (SSSR count). The van der Waals surface area contributed by atoms with Gasteiger partial charge in [-0.25, -0.2) is 9.59 Å². The molecule has 6 nitrogen and oxygen atoms in total. The molecule has 0 aliphatic heterocycles. The Balaban J connectivity index is 2.06. The van der Waals surface area contributed by atoms with Gasteiger partial charge in [0.1, 0.15) is 0 Å². The molecule has 0 aliphatic rings. The number of nitrogens with zero attached hydrogens (tertiary/aromatic N) is 1. The van der Waals surface area contributed by atoms with E-state index in [0.29, 0.717) is 11.0 Å². The van der Waals surface area contributed by atoms with E-state index in [2.05, 4.69) is 31.5 Å². The molecule has 20 heavy (non-hydrogen) atoms. The number of benzene rings is 1. The van der Waals surface area contributed by atoms with Gasteiger partial charge in [-0.2, -0.15) is 0 Å². The van der Waals surface area contributed by atoms with Crippen LogP contribution in [0.15, 0.2) is 34.4 Å². The molecule has 0 bridgehead atoms. The quantitative estimate of drug-likeness (QED) is 0.786. The molecule has 1 aromatic heterocycles. The number of carbonyl (C=O) groups is 2. The minimum atomic E-state index is -1.11. The third-order valence-electron chi connectivity index (χ3n) is 2.39. The second-order valence-corrected chi connectivity index (χ2v) is 5.57. The number of para-hydroxylation sites is 1. The van der Waals surface area contributed by atoms with Crippen molar-refractivity contribution in [3.05, 3.63) is 44.8 Å². The summed E-state index contributed by atoms with van der Waals surface area (Å²) in [6.07, 6.45) is 1.66. The molecule has 0 saturated heterocycles. The van der Waals surface area contributed by atoms with Crippen LogP contribution in [0.3, 0.4) is 0 Å². The first-order chi connectivity index (χ1) is 9.58. The summed E-state index contributed by atoms with van der Waals surface area (Å²) in [5, 5.41) is 14.2. The number of aromatic carboxylic acids is 1. The maximum Gasteiger partial charge on any atom is 0.337 e. The van der Waals surface area contributed by atoms with Crippen molar-refractivity contribution in [2.24, 2.45) is 0 Å². The highest BCUT2D eigenvalue weighted by Crippen LogP contribution is 2.26. The second-order valence-electron chi connectivity index (χ2n) is 3.74. The lowest BCUT2D eigenvalue weighted by Gasteiger charge is -2.11. The maximum atomic E-state index is 11.8. The van der Waals surface area contributed by atoms with E-state index in [1.54, 1.807) is 23.8 Å². The van der Waals surface area contributed by atoms with Gasteiger partial charge in [0.15, 0.2) is 0 Å². The summed E-state index contributed by atoms with van der Waals surface area (Å²) >= 11 is 4.65. The predicted molar refractivity (Wildman–Crippen MR) is 79.1 cm³/mol. The van der Waals surface area contributed by atoms with Crippen molar-refractivity contribution in [1.82, 2.24) is 10.3 Å². The maximum absolute atomic E-state index is 11.8. The van der Waals surface area contributed by atoms with Crippen LogP contribution in [0.5, 0.6) is 0 Å². The molecular formula is C12H10BrN3O3S. The summed E-state index contributed by atoms with van der Waals surface area (Å²) in [6, 6.07) is 4.19. The molecule has 1 heterocycles. The van der Waals surface area contributed by atoms with Gasteiger partial charge in [0.2, 0.25) is 0 Å². The summed E-state index contributed by atoms with van der Waals surface area (Å²) in [4.78, 5) is 27.7. The van der Waals surface area contributed by atoms with Gasteiger partial charge in [-0.15, -0.1) is 11.3 Å². The lowest BCUT2D eigenvalue weighted by molar-refractivity contribution is 0.0698.